The Morgan fingerprint density at radius 3 is 2.49 bits per heavy atom. The van der Waals surface area contributed by atoms with Gasteiger partial charge >= 0.3 is 0 Å². The topological polar surface area (TPSA) is 92.9 Å². The number of nitrogens with one attached hydrogen (secondary N) is 2. The van der Waals surface area contributed by atoms with Crippen molar-refractivity contribution in [2.75, 3.05) is 26.5 Å². The number of carbonyl (C=O) groups excluding carboxylic acids is 1. The van der Waals surface area contributed by atoms with Crippen LogP contribution in [0.5, 0.6) is 11.5 Å². The number of aromatic nitrogens is 1. The molecule has 1 saturated heterocycles. The van der Waals surface area contributed by atoms with E-state index >= 15 is 0 Å². The second-order valence-electron chi connectivity index (χ2n) is 10.8. The Morgan fingerprint density at radius 1 is 1.18 bits per heavy atom. The molecule has 212 valence electrons. The van der Waals surface area contributed by atoms with Crippen LogP contribution in [0.1, 0.15) is 59.8 Å². The van der Waals surface area contributed by atoms with Crippen LogP contribution in [0.4, 0.5) is 0 Å². The molecular formula is C28H35Cl2N3O5S. The van der Waals surface area contributed by atoms with Crippen LogP contribution in [0.3, 0.4) is 0 Å². The van der Waals surface area contributed by atoms with Gasteiger partial charge in [-0.1, -0.05) is 23.2 Å². The summed E-state index contributed by atoms with van der Waals surface area (Å²) in [4.78, 5) is 32.0. The molecule has 1 saturated carbocycles. The Bertz CT molecular complexity index is 1340. The van der Waals surface area contributed by atoms with E-state index in [1.54, 1.807) is 14.0 Å². The third kappa shape index (κ3) is 5.28. The van der Waals surface area contributed by atoms with E-state index in [9.17, 15) is 9.59 Å². The van der Waals surface area contributed by atoms with Crippen LogP contribution in [0.25, 0.3) is 0 Å². The zero-order valence-corrected chi connectivity index (χ0v) is 25.2. The van der Waals surface area contributed by atoms with Crippen LogP contribution in [0.15, 0.2) is 15.8 Å². The fraction of sp³-hybridized carbons (Fsp3) is 0.571. The van der Waals surface area contributed by atoms with E-state index in [1.165, 1.54) is 11.8 Å². The molecule has 1 aromatic heterocycles. The molecular weight excluding hydrogens is 561 g/mol. The molecule has 2 aromatic rings. The lowest BCUT2D eigenvalue weighted by molar-refractivity contribution is -0.130. The largest absolute Gasteiger partial charge is 0.448 e. The molecule has 2 fully saturated rings. The van der Waals surface area contributed by atoms with Gasteiger partial charge in [-0.25, -0.2) is 0 Å². The maximum atomic E-state index is 13.3. The fourth-order valence-electron chi connectivity index (χ4n) is 6.01. The molecule has 1 atom stereocenters. The quantitative estimate of drug-likeness (QED) is 0.418. The van der Waals surface area contributed by atoms with Crippen molar-refractivity contribution in [1.82, 2.24) is 15.2 Å². The fourth-order valence-corrected chi connectivity index (χ4v) is 7.25. The monoisotopic (exact) mass is 595 g/mol. The number of nitrogens with zero attached hydrogens (tertiary/aromatic N) is 1. The van der Waals surface area contributed by atoms with Crippen LogP contribution in [-0.4, -0.2) is 60.2 Å². The van der Waals surface area contributed by atoms with Gasteiger partial charge in [0.1, 0.15) is 5.02 Å². The molecule has 3 aliphatic rings. The van der Waals surface area contributed by atoms with Crippen molar-refractivity contribution < 1.29 is 19.0 Å². The van der Waals surface area contributed by atoms with E-state index < -0.39 is 11.7 Å². The van der Waals surface area contributed by atoms with Gasteiger partial charge in [-0.2, -0.15) is 0 Å². The highest BCUT2D eigenvalue weighted by Gasteiger charge is 2.49. The van der Waals surface area contributed by atoms with Gasteiger partial charge in [0.2, 0.25) is 0 Å². The summed E-state index contributed by atoms with van der Waals surface area (Å²) >= 11 is 14.7. The summed E-state index contributed by atoms with van der Waals surface area (Å²) in [6.45, 7) is 7.59. The van der Waals surface area contributed by atoms with Crippen LogP contribution >= 0.6 is 35.0 Å². The summed E-state index contributed by atoms with van der Waals surface area (Å²) in [5.41, 5.74) is 1.79. The van der Waals surface area contributed by atoms with Gasteiger partial charge in [0.05, 0.1) is 16.7 Å². The van der Waals surface area contributed by atoms with E-state index in [1.807, 2.05) is 26.2 Å². The Balaban J connectivity index is 1.31. The molecule has 1 aromatic carbocycles. The Labute approximate surface area is 243 Å². The number of aromatic amines is 1. The standard InChI is InChI=1S/C28H35Cl2N3O5S/c1-14-10-20(39-5)19(26(34)32-14)11-31-27(35)21-15(2)24-25(23(30)22(21)29)38-28(3,37-24)16-6-8-17(9-7-16)33-12-18(13-33)36-4/h10,16-18H,6-9,11-13H2,1-5H3,(H,31,35)(H,32,34)/t16?,17?,28-/m0/s1. The molecule has 3 heterocycles. The summed E-state index contributed by atoms with van der Waals surface area (Å²) in [7, 11) is 1.77. The Kier molecular flexibility index (Phi) is 8.19. The van der Waals surface area contributed by atoms with E-state index in [0.717, 1.165) is 49.4 Å². The molecule has 1 amide bonds. The number of aryl methyl sites for hydroxylation is 1. The first kappa shape index (κ1) is 28.6. The molecule has 11 heteroatoms. The van der Waals surface area contributed by atoms with E-state index in [2.05, 4.69) is 15.2 Å². The highest BCUT2D eigenvalue weighted by molar-refractivity contribution is 7.98. The van der Waals surface area contributed by atoms with Gasteiger partial charge in [-0.3, -0.25) is 14.5 Å². The summed E-state index contributed by atoms with van der Waals surface area (Å²) in [5, 5.41) is 3.11. The summed E-state index contributed by atoms with van der Waals surface area (Å²) in [5.74, 6) is -0.332. The predicted molar refractivity (Wildman–Crippen MR) is 154 cm³/mol. The van der Waals surface area contributed by atoms with Gasteiger partial charge in [0.15, 0.2) is 11.5 Å². The van der Waals surface area contributed by atoms with Gasteiger partial charge in [-0.05, 0) is 51.9 Å². The lowest BCUT2D eigenvalue weighted by atomic mass is 9.80. The maximum Gasteiger partial charge on any atom is 0.254 e. The van der Waals surface area contributed by atoms with Crippen molar-refractivity contribution in [2.24, 2.45) is 5.92 Å². The van der Waals surface area contributed by atoms with Crippen molar-refractivity contribution in [3.8, 4) is 11.5 Å². The molecule has 5 rings (SSSR count). The number of likely N-dealkylation sites (tertiary alicyclic amines) is 1. The number of benzene rings is 1. The van der Waals surface area contributed by atoms with Crippen molar-refractivity contribution in [3.63, 3.8) is 0 Å². The smallest absolute Gasteiger partial charge is 0.254 e. The number of fused-ring (bicyclic) bond motifs is 1. The lowest BCUT2D eigenvalue weighted by Crippen LogP contribution is -2.57. The highest BCUT2D eigenvalue weighted by atomic mass is 35.5. The number of hydrogen-bond acceptors (Lipinski definition) is 7. The molecule has 8 nitrogen and oxygen atoms in total. The van der Waals surface area contributed by atoms with Gasteiger partial charge in [-0.15, -0.1) is 11.8 Å². The SMILES string of the molecule is COC1CN(C2CCC([C@@]3(C)Oc4c(C)c(C(=O)NCc5c(SC)cc(C)[nH]c5=O)c(Cl)c(Cl)c4O3)CC2)C1. The molecule has 0 spiro atoms. The van der Waals surface area contributed by atoms with Crippen molar-refractivity contribution in [3.05, 3.63) is 48.8 Å². The average Bonchev–Trinajstić information content (AvgIpc) is 3.25. The minimum Gasteiger partial charge on any atom is -0.448 e. The van der Waals surface area contributed by atoms with E-state index in [0.29, 0.717) is 34.8 Å². The van der Waals surface area contributed by atoms with Gasteiger partial charge in [0.25, 0.3) is 17.3 Å². The normalized spacial score (nSPS) is 25.0. The molecule has 0 bridgehead atoms. The van der Waals surface area contributed by atoms with Gasteiger partial charge in [0, 0.05) is 67.3 Å². The third-order valence-electron chi connectivity index (χ3n) is 8.41. The van der Waals surface area contributed by atoms with Crippen LogP contribution in [0, 0.1) is 19.8 Å². The van der Waals surface area contributed by atoms with Crippen LogP contribution in [-0.2, 0) is 11.3 Å². The number of carbonyl (C=O) groups is 1. The number of thioether (sulfide) groups is 1. The minimum atomic E-state index is -0.896. The molecule has 2 N–H and O–H groups in total. The summed E-state index contributed by atoms with van der Waals surface area (Å²) < 4.78 is 18.2. The van der Waals surface area contributed by atoms with E-state index in [4.69, 9.17) is 37.4 Å². The number of H-pyrrole nitrogens is 1. The number of halogens is 2. The third-order valence-corrected chi connectivity index (χ3v) is 10.0. The zero-order chi connectivity index (χ0) is 28.1. The number of rotatable bonds is 7. The van der Waals surface area contributed by atoms with Crippen LogP contribution in [0.2, 0.25) is 10.0 Å². The Hall–Kier alpha value is -1.91. The van der Waals surface area contributed by atoms with Crippen molar-refractivity contribution >= 4 is 40.9 Å². The van der Waals surface area contributed by atoms with Crippen molar-refractivity contribution in [2.45, 2.75) is 75.8 Å². The average molecular weight is 597 g/mol. The number of amides is 1. The highest BCUT2D eigenvalue weighted by Crippen LogP contribution is 2.54. The first-order valence-corrected chi connectivity index (χ1v) is 15.3. The lowest BCUT2D eigenvalue weighted by Gasteiger charge is -2.47. The Morgan fingerprint density at radius 2 is 1.85 bits per heavy atom. The molecule has 2 aliphatic heterocycles. The second-order valence-corrected chi connectivity index (χ2v) is 12.4. The summed E-state index contributed by atoms with van der Waals surface area (Å²) in [6.07, 6.45) is 6.30. The second kappa shape index (κ2) is 11.2. The molecule has 0 radical (unpaired) electrons. The number of hydrogen-bond donors (Lipinski definition) is 2. The summed E-state index contributed by atoms with van der Waals surface area (Å²) in [6, 6.07) is 2.44. The van der Waals surface area contributed by atoms with Gasteiger partial charge < -0.3 is 24.5 Å². The first-order chi connectivity index (χ1) is 18.6. The predicted octanol–water partition coefficient (Wildman–Crippen LogP) is 5.33. The van der Waals surface area contributed by atoms with Crippen molar-refractivity contribution in [1.29, 1.82) is 0 Å². The molecule has 0 unspecified atom stereocenters. The number of methoxy groups -OCH3 is 1. The zero-order valence-electron chi connectivity index (χ0n) is 22.9. The molecule has 1 aliphatic carbocycles. The van der Waals surface area contributed by atoms with E-state index in [-0.39, 0.29) is 33.6 Å². The maximum absolute atomic E-state index is 13.3. The number of pyridine rings is 1. The number of ether oxygens (including phenoxy) is 3. The minimum absolute atomic E-state index is 0.0511. The molecule has 39 heavy (non-hydrogen) atoms. The van der Waals surface area contributed by atoms with Crippen LogP contribution < -0.4 is 20.3 Å². The first-order valence-electron chi connectivity index (χ1n) is 13.3.